The molecule has 0 saturated carbocycles. The lowest BCUT2D eigenvalue weighted by Crippen LogP contribution is -2.36. The Labute approximate surface area is 90.4 Å². The maximum atomic E-state index is 11.4. The van der Waals surface area contributed by atoms with Gasteiger partial charge in [0.25, 0.3) is 5.91 Å². The number of aliphatic hydroxyl groups excluding tert-OH is 1. The predicted molar refractivity (Wildman–Crippen MR) is 51.9 cm³/mol. The Morgan fingerprint density at radius 1 is 1.44 bits per heavy atom. The Balaban J connectivity index is 2.56. The summed E-state index contributed by atoms with van der Waals surface area (Å²) in [6.07, 6.45) is 0.708. The molecule has 1 amide bonds. The second-order valence-electron chi connectivity index (χ2n) is 3.00. The van der Waals surface area contributed by atoms with Crippen LogP contribution in [0.1, 0.15) is 10.4 Å². The van der Waals surface area contributed by atoms with Gasteiger partial charge in [-0.1, -0.05) is 0 Å². The minimum Gasteiger partial charge on any atom is -0.506 e. The first-order chi connectivity index (χ1) is 7.50. The van der Waals surface area contributed by atoms with Gasteiger partial charge in [0.15, 0.2) is 6.10 Å². The molecular weight excluding hydrogens is 216 g/mol. The summed E-state index contributed by atoms with van der Waals surface area (Å²) in [4.78, 5) is 25.2. The van der Waals surface area contributed by atoms with E-state index in [0.29, 0.717) is 0 Å². The highest BCUT2D eigenvalue weighted by Crippen LogP contribution is 2.07. The van der Waals surface area contributed by atoms with Gasteiger partial charge in [0.05, 0.1) is 18.3 Å². The number of carboxylic acids is 1. The third kappa shape index (κ3) is 3.21. The molecule has 1 unspecified atom stereocenters. The van der Waals surface area contributed by atoms with Gasteiger partial charge in [-0.25, -0.2) is 4.79 Å². The summed E-state index contributed by atoms with van der Waals surface area (Å²) in [6, 6.07) is 1.18. The van der Waals surface area contributed by atoms with E-state index in [1.54, 1.807) is 0 Å². The number of carboxylic acid groups (broad SMARTS) is 1. The largest absolute Gasteiger partial charge is 0.506 e. The predicted octanol–water partition coefficient (Wildman–Crippen LogP) is -1.04. The SMILES string of the molecule is O=C(NCC(O)C(=O)O)c1cncc(O)c1. The minimum atomic E-state index is -1.66. The van der Waals surface area contributed by atoms with Crippen LogP contribution in [-0.2, 0) is 4.79 Å². The van der Waals surface area contributed by atoms with Crippen molar-refractivity contribution in [2.45, 2.75) is 6.10 Å². The molecule has 0 aromatic carbocycles. The van der Waals surface area contributed by atoms with E-state index < -0.39 is 24.5 Å². The number of hydrogen-bond acceptors (Lipinski definition) is 5. The molecule has 1 heterocycles. The smallest absolute Gasteiger partial charge is 0.334 e. The van der Waals surface area contributed by atoms with Crippen molar-refractivity contribution in [1.29, 1.82) is 0 Å². The number of aromatic nitrogens is 1. The Morgan fingerprint density at radius 3 is 2.69 bits per heavy atom. The van der Waals surface area contributed by atoms with Crippen LogP contribution in [-0.4, -0.2) is 44.8 Å². The summed E-state index contributed by atoms with van der Waals surface area (Å²) >= 11 is 0. The fourth-order valence-electron chi connectivity index (χ4n) is 0.931. The van der Waals surface area contributed by atoms with E-state index >= 15 is 0 Å². The number of carbonyl (C=O) groups excluding carboxylic acids is 1. The monoisotopic (exact) mass is 226 g/mol. The van der Waals surface area contributed by atoms with Crippen molar-refractivity contribution < 1.29 is 24.9 Å². The summed E-state index contributed by atoms with van der Waals surface area (Å²) in [5.41, 5.74) is 0.0811. The van der Waals surface area contributed by atoms with Gasteiger partial charge in [-0.3, -0.25) is 9.78 Å². The molecule has 0 spiro atoms. The number of nitrogens with one attached hydrogen (secondary N) is 1. The average Bonchev–Trinajstić information content (AvgIpc) is 2.25. The van der Waals surface area contributed by atoms with E-state index in [-0.39, 0.29) is 11.3 Å². The maximum absolute atomic E-state index is 11.4. The van der Waals surface area contributed by atoms with Gasteiger partial charge in [0, 0.05) is 6.20 Å². The van der Waals surface area contributed by atoms with Gasteiger partial charge in [0.2, 0.25) is 0 Å². The Hall–Kier alpha value is -2.15. The number of rotatable bonds is 4. The third-order valence-corrected chi connectivity index (χ3v) is 1.73. The summed E-state index contributed by atoms with van der Waals surface area (Å²) in [5, 5.41) is 28.5. The van der Waals surface area contributed by atoms with Crippen molar-refractivity contribution in [3.05, 3.63) is 24.0 Å². The van der Waals surface area contributed by atoms with Crippen LogP contribution in [0.5, 0.6) is 5.75 Å². The lowest BCUT2D eigenvalue weighted by molar-refractivity contribution is -0.146. The zero-order chi connectivity index (χ0) is 12.1. The van der Waals surface area contributed by atoms with Gasteiger partial charge in [-0.05, 0) is 6.07 Å². The van der Waals surface area contributed by atoms with Gasteiger partial charge in [0.1, 0.15) is 5.75 Å². The number of pyridine rings is 1. The second kappa shape index (κ2) is 5.08. The molecule has 0 radical (unpaired) electrons. The van der Waals surface area contributed by atoms with Crippen molar-refractivity contribution in [2.24, 2.45) is 0 Å². The summed E-state index contributed by atoms with van der Waals surface area (Å²) in [5.74, 6) is -2.22. The highest BCUT2D eigenvalue weighted by molar-refractivity contribution is 5.94. The van der Waals surface area contributed by atoms with Crippen LogP contribution in [0.3, 0.4) is 0 Å². The molecule has 0 aliphatic heterocycles. The van der Waals surface area contributed by atoms with Crippen LogP contribution >= 0.6 is 0 Å². The molecule has 7 heteroatoms. The quantitative estimate of drug-likeness (QED) is 0.520. The third-order valence-electron chi connectivity index (χ3n) is 1.73. The highest BCUT2D eigenvalue weighted by Gasteiger charge is 2.15. The highest BCUT2D eigenvalue weighted by atomic mass is 16.4. The maximum Gasteiger partial charge on any atom is 0.334 e. The van der Waals surface area contributed by atoms with Crippen LogP contribution in [0.25, 0.3) is 0 Å². The van der Waals surface area contributed by atoms with Crippen LogP contribution in [0.4, 0.5) is 0 Å². The van der Waals surface area contributed by atoms with E-state index in [2.05, 4.69) is 10.3 Å². The molecule has 16 heavy (non-hydrogen) atoms. The van der Waals surface area contributed by atoms with Gasteiger partial charge >= 0.3 is 5.97 Å². The molecule has 86 valence electrons. The van der Waals surface area contributed by atoms with Gasteiger partial charge < -0.3 is 20.6 Å². The topological polar surface area (TPSA) is 120 Å². The summed E-state index contributed by atoms with van der Waals surface area (Å²) in [6.45, 7) is -0.413. The number of aliphatic carboxylic acids is 1. The second-order valence-corrected chi connectivity index (χ2v) is 3.00. The first kappa shape index (κ1) is 11.9. The van der Waals surface area contributed by atoms with Crippen molar-refractivity contribution in [1.82, 2.24) is 10.3 Å². The number of aliphatic hydroxyl groups is 1. The lowest BCUT2D eigenvalue weighted by atomic mass is 10.2. The Morgan fingerprint density at radius 2 is 2.12 bits per heavy atom. The molecule has 1 atom stereocenters. The number of carbonyl (C=O) groups is 2. The zero-order valence-electron chi connectivity index (χ0n) is 8.12. The average molecular weight is 226 g/mol. The first-order valence-corrected chi connectivity index (χ1v) is 4.34. The number of hydrogen-bond donors (Lipinski definition) is 4. The molecule has 7 nitrogen and oxygen atoms in total. The first-order valence-electron chi connectivity index (χ1n) is 4.34. The van der Waals surface area contributed by atoms with Crippen LogP contribution in [0, 0.1) is 0 Å². The molecule has 0 bridgehead atoms. The van der Waals surface area contributed by atoms with E-state index in [1.807, 2.05) is 0 Å². The van der Waals surface area contributed by atoms with Crippen molar-refractivity contribution >= 4 is 11.9 Å². The fourth-order valence-corrected chi connectivity index (χ4v) is 0.931. The number of amides is 1. The standard InChI is InChI=1S/C9H10N2O5/c12-6-1-5(2-10-3-6)8(14)11-4-7(13)9(15)16/h1-3,7,12-13H,4H2,(H,11,14)(H,15,16). The minimum absolute atomic E-state index is 0.0811. The molecule has 0 aliphatic rings. The molecule has 1 rings (SSSR count). The molecule has 0 aliphatic carbocycles. The summed E-state index contributed by atoms with van der Waals surface area (Å²) < 4.78 is 0. The Bertz CT molecular complexity index is 407. The van der Waals surface area contributed by atoms with Gasteiger partial charge in [-0.2, -0.15) is 0 Å². The van der Waals surface area contributed by atoms with Crippen molar-refractivity contribution in [3.8, 4) is 5.75 Å². The van der Waals surface area contributed by atoms with E-state index in [9.17, 15) is 9.59 Å². The van der Waals surface area contributed by atoms with Crippen LogP contribution in [0.2, 0.25) is 0 Å². The summed E-state index contributed by atoms with van der Waals surface area (Å²) in [7, 11) is 0. The van der Waals surface area contributed by atoms with Crippen molar-refractivity contribution in [2.75, 3.05) is 6.54 Å². The van der Waals surface area contributed by atoms with E-state index in [1.165, 1.54) is 12.3 Å². The number of aromatic hydroxyl groups is 1. The molecule has 0 saturated heterocycles. The van der Waals surface area contributed by atoms with Crippen molar-refractivity contribution in [3.63, 3.8) is 0 Å². The van der Waals surface area contributed by atoms with Gasteiger partial charge in [-0.15, -0.1) is 0 Å². The molecule has 0 fully saturated rings. The molecule has 1 aromatic heterocycles. The zero-order valence-corrected chi connectivity index (χ0v) is 8.12. The normalized spacial score (nSPS) is 11.8. The van der Waals surface area contributed by atoms with E-state index in [0.717, 1.165) is 6.20 Å². The lowest BCUT2D eigenvalue weighted by Gasteiger charge is -2.07. The van der Waals surface area contributed by atoms with E-state index in [4.69, 9.17) is 15.3 Å². The number of nitrogens with zero attached hydrogens (tertiary/aromatic N) is 1. The van der Waals surface area contributed by atoms with Crippen LogP contribution in [0.15, 0.2) is 18.5 Å². The van der Waals surface area contributed by atoms with Crippen LogP contribution < -0.4 is 5.32 Å². The Kier molecular flexibility index (Phi) is 3.78. The molecule has 4 N–H and O–H groups in total. The fraction of sp³-hybridized carbons (Fsp3) is 0.222. The molecule has 1 aromatic rings. The molecular formula is C9H10N2O5.